The molecular weight excluding hydrogens is 460 g/mol. The van der Waals surface area contributed by atoms with E-state index < -0.39 is 10.9 Å². The van der Waals surface area contributed by atoms with E-state index in [0.29, 0.717) is 38.2 Å². The molecule has 0 saturated carbocycles. The largest absolute Gasteiger partial charge is 0.482 e. The molecule has 8 nitrogen and oxygen atoms in total. The molecule has 0 spiro atoms. The molecule has 1 amide bonds. The molecule has 0 saturated heterocycles. The molecule has 0 unspecified atom stereocenters. The van der Waals surface area contributed by atoms with Gasteiger partial charge >= 0.3 is 5.97 Å². The van der Waals surface area contributed by atoms with E-state index in [1.165, 1.54) is 6.07 Å². The summed E-state index contributed by atoms with van der Waals surface area (Å²) >= 11 is 0. The summed E-state index contributed by atoms with van der Waals surface area (Å²) in [6.45, 7) is 2.40. The van der Waals surface area contributed by atoms with Crippen molar-refractivity contribution >= 4 is 17.6 Å². The van der Waals surface area contributed by atoms with Crippen LogP contribution in [0.5, 0.6) is 5.75 Å². The molecule has 0 aliphatic carbocycles. The Morgan fingerprint density at radius 1 is 0.917 bits per heavy atom. The van der Waals surface area contributed by atoms with Gasteiger partial charge in [0, 0.05) is 25.1 Å². The van der Waals surface area contributed by atoms with E-state index in [1.807, 2.05) is 54.6 Å². The summed E-state index contributed by atoms with van der Waals surface area (Å²) < 4.78 is 10.3. The van der Waals surface area contributed by atoms with Gasteiger partial charge in [-0.2, -0.15) is 0 Å². The van der Waals surface area contributed by atoms with Crippen molar-refractivity contribution in [2.75, 3.05) is 13.2 Å². The fraction of sp³-hybridized carbons (Fsp3) is 0.286. The van der Waals surface area contributed by atoms with Crippen molar-refractivity contribution in [1.29, 1.82) is 0 Å². The third-order valence-electron chi connectivity index (χ3n) is 5.53. The number of hydrogen-bond donors (Lipinski definition) is 1. The number of nitrogens with one attached hydrogen (secondary N) is 1. The molecule has 188 valence electrons. The molecular formula is C28H30N2O6. The first-order chi connectivity index (χ1) is 17.4. The zero-order valence-electron chi connectivity index (χ0n) is 20.3. The molecule has 0 heterocycles. The van der Waals surface area contributed by atoms with Crippen LogP contribution >= 0.6 is 0 Å². The second-order valence-electron chi connectivity index (χ2n) is 8.23. The van der Waals surface area contributed by atoms with Crippen molar-refractivity contribution in [2.45, 2.75) is 39.2 Å². The van der Waals surface area contributed by atoms with E-state index in [-0.39, 0.29) is 18.2 Å². The van der Waals surface area contributed by atoms with Crippen molar-refractivity contribution < 1.29 is 24.0 Å². The maximum atomic E-state index is 12.2. The Hall–Kier alpha value is -4.20. The van der Waals surface area contributed by atoms with E-state index in [1.54, 1.807) is 19.1 Å². The number of nitro benzene ring substituents is 1. The molecule has 0 bridgehead atoms. The predicted molar refractivity (Wildman–Crippen MR) is 137 cm³/mol. The van der Waals surface area contributed by atoms with Gasteiger partial charge in [-0.05, 0) is 60.6 Å². The van der Waals surface area contributed by atoms with Gasteiger partial charge in [-0.25, -0.2) is 4.79 Å². The number of aryl methyl sites for hydroxylation is 1. The van der Waals surface area contributed by atoms with E-state index in [0.717, 1.165) is 28.7 Å². The van der Waals surface area contributed by atoms with Gasteiger partial charge in [0.2, 0.25) is 5.91 Å². The average Bonchev–Trinajstić information content (AvgIpc) is 2.90. The van der Waals surface area contributed by atoms with Gasteiger partial charge in [0.1, 0.15) is 5.75 Å². The lowest BCUT2D eigenvalue weighted by Gasteiger charge is -2.09. The Morgan fingerprint density at radius 2 is 1.61 bits per heavy atom. The third kappa shape index (κ3) is 8.54. The van der Waals surface area contributed by atoms with Crippen molar-refractivity contribution in [3.8, 4) is 16.9 Å². The van der Waals surface area contributed by atoms with Crippen LogP contribution in [0.25, 0.3) is 11.1 Å². The number of ether oxygens (including phenoxy) is 2. The fourth-order valence-electron chi connectivity index (χ4n) is 3.63. The van der Waals surface area contributed by atoms with Crippen LogP contribution < -0.4 is 10.1 Å². The molecule has 3 rings (SSSR count). The number of unbranched alkanes of at least 4 members (excludes halogenated alkanes) is 1. The average molecular weight is 491 g/mol. The van der Waals surface area contributed by atoms with Crippen molar-refractivity contribution in [1.82, 2.24) is 5.32 Å². The van der Waals surface area contributed by atoms with E-state index in [4.69, 9.17) is 9.47 Å². The van der Waals surface area contributed by atoms with Gasteiger partial charge in [-0.1, -0.05) is 48.5 Å². The Labute approximate surface area is 210 Å². The van der Waals surface area contributed by atoms with Gasteiger partial charge in [-0.3, -0.25) is 14.9 Å². The minimum Gasteiger partial charge on any atom is -0.482 e. The Balaban J connectivity index is 1.38. The molecule has 0 aliphatic rings. The van der Waals surface area contributed by atoms with E-state index in [2.05, 4.69) is 5.32 Å². The highest BCUT2D eigenvalue weighted by Gasteiger charge is 2.07. The summed E-state index contributed by atoms with van der Waals surface area (Å²) in [5.41, 5.74) is 4.04. The van der Waals surface area contributed by atoms with Crippen molar-refractivity contribution in [3.05, 3.63) is 94.0 Å². The quantitative estimate of drug-likeness (QED) is 0.152. The van der Waals surface area contributed by atoms with Crippen LogP contribution in [0.15, 0.2) is 72.8 Å². The predicted octanol–water partition coefficient (Wildman–Crippen LogP) is 5.23. The summed E-state index contributed by atoms with van der Waals surface area (Å²) in [6, 6.07) is 22.0. The molecule has 3 aromatic rings. The smallest absolute Gasteiger partial charge is 0.344 e. The highest BCUT2D eigenvalue weighted by atomic mass is 16.6. The molecule has 8 heteroatoms. The number of carbonyl (C=O) groups excluding carboxylic acids is 2. The molecule has 0 radical (unpaired) electrons. The number of hydrogen-bond acceptors (Lipinski definition) is 6. The molecule has 36 heavy (non-hydrogen) atoms. The topological polar surface area (TPSA) is 108 Å². The lowest BCUT2D eigenvalue weighted by molar-refractivity contribution is -0.384. The molecule has 1 N–H and O–H groups in total. The first-order valence-electron chi connectivity index (χ1n) is 11.9. The molecule has 0 fully saturated rings. The number of nitrogens with zero attached hydrogens (tertiary/aromatic N) is 1. The monoisotopic (exact) mass is 490 g/mol. The third-order valence-corrected chi connectivity index (χ3v) is 5.53. The van der Waals surface area contributed by atoms with Crippen molar-refractivity contribution in [3.63, 3.8) is 0 Å². The summed E-state index contributed by atoms with van der Waals surface area (Å²) in [5, 5.41) is 13.8. The van der Waals surface area contributed by atoms with E-state index >= 15 is 0 Å². The SMILES string of the molecule is CCOC(=O)COc1ccc(-c2ccc(CNC(=O)CCCCc3cccc([N+](=O)[O-])c3)cc2)cc1. The van der Waals surface area contributed by atoms with Crippen LogP contribution in [0.2, 0.25) is 0 Å². The number of nitro groups is 1. The summed E-state index contributed by atoms with van der Waals surface area (Å²) in [5.74, 6) is 0.178. The Bertz CT molecular complexity index is 1160. The number of amides is 1. The lowest BCUT2D eigenvalue weighted by Crippen LogP contribution is -2.22. The summed E-state index contributed by atoms with van der Waals surface area (Å²) in [7, 11) is 0. The Kier molecular flexibility index (Phi) is 10.00. The van der Waals surface area contributed by atoms with Crippen LogP contribution in [0.4, 0.5) is 5.69 Å². The van der Waals surface area contributed by atoms with Crippen LogP contribution in [0.1, 0.15) is 37.3 Å². The highest BCUT2D eigenvalue weighted by Crippen LogP contribution is 2.23. The minimum absolute atomic E-state index is 0.0171. The minimum atomic E-state index is -0.398. The molecule has 3 aromatic carbocycles. The standard InChI is InChI=1S/C28H30N2O6/c1-2-35-28(32)20-36-26-16-14-24(15-17-26)23-12-10-22(11-13-23)19-29-27(31)9-4-3-6-21-7-5-8-25(18-21)30(33)34/h5,7-8,10-18H,2-4,6,9,19-20H2,1H3,(H,29,31). The van der Waals surface area contributed by atoms with Crippen molar-refractivity contribution in [2.24, 2.45) is 0 Å². The van der Waals surface area contributed by atoms with Crippen LogP contribution in [0.3, 0.4) is 0 Å². The molecule has 0 aromatic heterocycles. The molecule has 0 atom stereocenters. The van der Waals surface area contributed by atoms with E-state index in [9.17, 15) is 19.7 Å². The number of non-ortho nitro benzene ring substituents is 1. The second-order valence-corrected chi connectivity index (χ2v) is 8.23. The summed E-state index contributed by atoms with van der Waals surface area (Å²) in [6.07, 6.45) is 2.62. The van der Waals surface area contributed by atoms with Gasteiger partial charge in [0.05, 0.1) is 11.5 Å². The number of esters is 1. The number of benzene rings is 3. The zero-order valence-corrected chi connectivity index (χ0v) is 20.3. The zero-order chi connectivity index (χ0) is 25.8. The van der Waals surface area contributed by atoms with Crippen LogP contribution in [-0.2, 0) is 27.3 Å². The maximum absolute atomic E-state index is 12.2. The fourth-order valence-corrected chi connectivity index (χ4v) is 3.63. The normalized spacial score (nSPS) is 10.5. The number of rotatable bonds is 13. The van der Waals surface area contributed by atoms with Gasteiger partial charge in [-0.15, -0.1) is 0 Å². The van der Waals surface area contributed by atoms with Crippen LogP contribution in [-0.4, -0.2) is 30.0 Å². The maximum Gasteiger partial charge on any atom is 0.344 e. The first kappa shape index (κ1) is 26.4. The second kappa shape index (κ2) is 13.6. The highest BCUT2D eigenvalue weighted by molar-refractivity contribution is 5.75. The lowest BCUT2D eigenvalue weighted by atomic mass is 10.0. The first-order valence-corrected chi connectivity index (χ1v) is 11.9. The Morgan fingerprint density at radius 3 is 2.28 bits per heavy atom. The van der Waals surface area contributed by atoms with Crippen LogP contribution in [0, 0.1) is 10.1 Å². The molecule has 0 aliphatic heterocycles. The van der Waals surface area contributed by atoms with Gasteiger partial charge in [0.25, 0.3) is 5.69 Å². The number of carbonyl (C=O) groups is 2. The van der Waals surface area contributed by atoms with Gasteiger partial charge in [0.15, 0.2) is 6.61 Å². The summed E-state index contributed by atoms with van der Waals surface area (Å²) in [4.78, 5) is 34.0. The van der Waals surface area contributed by atoms with Gasteiger partial charge < -0.3 is 14.8 Å².